The van der Waals surface area contributed by atoms with E-state index in [2.05, 4.69) is 5.32 Å². The van der Waals surface area contributed by atoms with Gasteiger partial charge in [0.05, 0.1) is 34.7 Å². The van der Waals surface area contributed by atoms with E-state index in [1.165, 1.54) is 39.2 Å². The molecule has 29 heavy (non-hydrogen) atoms. The molecular weight excluding hydrogens is 380 g/mol. The van der Waals surface area contributed by atoms with Crippen LogP contribution in [0.15, 0.2) is 46.8 Å². The number of aliphatic hydroxyl groups is 1. The smallest absolute Gasteiger partial charge is 0.336 e. The molecule has 1 aromatic carbocycles. The number of hydrogen-bond donors (Lipinski definition) is 2. The molecule has 0 amide bonds. The summed E-state index contributed by atoms with van der Waals surface area (Å²) in [6, 6.07) is 5.88. The maximum atomic E-state index is 12.9. The first kappa shape index (κ1) is 22.1. The molecule has 0 radical (unpaired) electrons. The number of carbonyl (C=O) groups is 2. The lowest BCUT2D eigenvalue weighted by molar-refractivity contribution is -0.385. The number of esters is 2. The van der Waals surface area contributed by atoms with Gasteiger partial charge in [0, 0.05) is 23.0 Å². The topological polar surface area (TPSA) is 128 Å². The molecular formula is C20H24N2O7. The van der Waals surface area contributed by atoms with Crippen LogP contribution >= 0.6 is 0 Å². The summed E-state index contributed by atoms with van der Waals surface area (Å²) in [5, 5.41) is 24.4. The number of dihydropyridines is 1. The summed E-state index contributed by atoms with van der Waals surface area (Å²) in [7, 11) is 1.19. The van der Waals surface area contributed by atoms with E-state index < -0.39 is 28.4 Å². The third-order valence-corrected chi connectivity index (χ3v) is 4.39. The lowest BCUT2D eigenvalue weighted by Crippen LogP contribution is -2.34. The largest absolute Gasteiger partial charge is 0.466 e. The van der Waals surface area contributed by atoms with Crippen molar-refractivity contribution in [1.29, 1.82) is 0 Å². The van der Waals surface area contributed by atoms with Gasteiger partial charge in [-0.25, -0.2) is 9.59 Å². The maximum Gasteiger partial charge on any atom is 0.336 e. The van der Waals surface area contributed by atoms with Gasteiger partial charge in [0.25, 0.3) is 5.69 Å². The molecule has 0 aliphatic carbocycles. The number of hydrogen-bond acceptors (Lipinski definition) is 8. The number of methoxy groups -OCH3 is 1. The Morgan fingerprint density at radius 2 is 1.72 bits per heavy atom. The molecule has 0 saturated heterocycles. The van der Waals surface area contributed by atoms with Gasteiger partial charge in [-0.3, -0.25) is 10.1 Å². The van der Waals surface area contributed by atoms with Crippen LogP contribution in [0, 0.1) is 10.1 Å². The molecule has 2 N–H and O–H groups in total. The van der Waals surface area contributed by atoms with Crippen molar-refractivity contribution in [3.63, 3.8) is 0 Å². The first-order chi connectivity index (χ1) is 13.5. The molecule has 0 bridgehead atoms. The molecule has 2 rings (SSSR count). The van der Waals surface area contributed by atoms with Gasteiger partial charge >= 0.3 is 11.9 Å². The zero-order valence-electron chi connectivity index (χ0n) is 16.9. The second-order valence-corrected chi connectivity index (χ2v) is 7.33. The number of allylic oxidation sites excluding steroid dienone is 2. The molecule has 156 valence electrons. The number of nitro benzene ring substituents is 1. The summed E-state index contributed by atoms with van der Waals surface area (Å²) in [4.78, 5) is 36.5. The van der Waals surface area contributed by atoms with Crippen molar-refractivity contribution in [1.82, 2.24) is 5.32 Å². The number of nitro groups is 1. The van der Waals surface area contributed by atoms with Crippen molar-refractivity contribution in [2.24, 2.45) is 0 Å². The molecule has 9 heteroatoms. The Morgan fingerprint density at radius 3 is 2.24 bits per heavy atom. The number of benzene rings is 1. The quantitative estimate of drug-likeness (QED) is 0.420. The lowest BCUT2D eigenvalue weighted by Gasteiger charge is -2.30. The zero-order chi connectivity index (χ0) is 21.9. The Balaban J connectivity index is 2.68. The van der Waals surface area contributed by atoms with Crippen molar-refractivity contribution in [3.8, 4) is 0 Å². The normalized spacial score (nSPS) is 17.0. The highest BCUT2D eigenvalue weighted by Gasteiger charge is 2.41. The maximum absolute atomic E-state index is 12.9. The average molecular weight is 404 g/mol. The summed E-state index contributed by atoms with van der Waals surface area (Å²) in [6.45, 7) is 5.90. The van der Waals surface area contributed by atoms with Crippen LogP contribution in [0.4, 0.5) is 5.69 Å². The van der Waals surface area contributed by atoms with Crippen molar-refractivity contribution < 1.29 is 29.1 Å². The molecule has 1 atom stereocenters. The SMILES string of the molecule is COC(=O)C1=C(C)NC(C)=C(C(=O)OCC(C)(C)O)[C@H]1c1ccccc1[N+](=O)[O-]. The number of para-hydroxylation sites is 1. The average Bonchev–Trinajstić information content (AvgIpc) is 2.64. The minimum absolute atomic E-state index is 0.0366. The fourth-order valence-electron chi connectivity index (χ4n) is 3.17. The van der Waals surface area contributed by atoms with E-state index >= 15 is 0 Å². The highest BCUT2D eigenvalue weighted by Crippen LogP contribution is 2.42. The number of nitrogens with zero attached hydrogens (tertiary/aromatic N) is 1. The van der Waals surface area contributed by atoms with Crippen molar-refractivity contribution in [2.75, 3.05) is 13.7 Å². The Bertz CT molecular complexity index is 910. The van der Waals surface area contributed by atoms with E-state index in [0.29, 0.717) is 11.4 Å². The van der Waals surface area contributed by atoms with Gasteiger partial charge in [0.1, 0.15) is 6.61 Å². The van der Waals surface area contributed by atoms with Crippen molar-refractivity contribution >= 4 is 17.6 Å². The summed E-state index contributed by atoms with van der Waals surface area (Å²) in [5.74, 6) is -2.59. The van der Waals surface area contributed by atoms with Gasteiger partial charge in [-0.05, 0) is 27.7 Å². The molecule has 0 saturated carbocycles. The number of nitrogens with one attached hydrogen (secondary N) is 1. The first-order valence-electron chi connectivity index (χ1n) is 8.87. The van der Waals surface area contributed by atoms with Crippen LogP contribution in [0.5, 0.6) is 0 Å². The Hall–Kier alpha value is -3.20. The molecule has 1 aliphatic rings. The van der Waals surface area contributed by atoms with Crippen LogP contribution < -0.4 is 5.32 Å². The second kappa shape index (κ2) is 8.44. The first-order valence-corrected chi connectivity index (χ1v) is 8.87. The van der Waals surface area contributed by atoms with Gasteiger partial charge in [-0.2, -0.15) is 0 Å². The molecule has 0 spiro atoms. The molecule has 1 aliphatic heterocycles. The van der Waals surface area contributed by atoms with Crippen LogP contribution in [0.3, 0.4) is 0 Å². The summed E-state index contributed by atoms with van der Waals surface area (Å²) in [6.07, 6.45) is 0. The fourth-order valence-corrected chi connectivity index (χ4v) is 3.17. The van der Waals surface area contributed by atoms with Gasteiger partial charge in [-0.1, -0.05) is 18.2 Å². The summed E-state index contributed by atoms with van der Waals surface area (Å²) < 4.78 is 10.1. The highest BCUT2D eigenvalue weighted by atomic mass is 16.6. The minimum atomic E-state index is -1.27. The van der Waals surface area contributed by atoms with Gasteiger partial charge in [-0.15, -0.1) is 0 Å². The van der Waals surface area contributed by atoms with E-state index in [0.717, 1.165) is 0 Å². The van der Waals surface area contributed by atoms with Crippen LogP contribution in [0.2, 0.25) is 0 Å². The molecule has 0 fully saturated rings. The van der Waals surface area contributed by atoms with Crippen LogP contribution in [0.25, 0.3) is 0 Å². The molecule has 1 heterocycles. The zero-order valence-corrected chi connectivity index (χ0v) is 16.9. The van der Waals surface area contributed by atoms with Gasteiger partial charge in [0.2, 0.25) is 0 Å². The Labute approximate surface area is 168 Å². The van der Waals surface area contributed by atoms with Crippen molar-refractivity contribution in [3.05, 3.63) is 62.5 Å². The van der Waals surface area contributed by atoms with Gasteiger partial charge in [0.15, 0.2) is 0 Å². The van der Waals surface area contributed by atoms with Crippen LogP contribution in [-0.2, 0) is 19.1 Å². The second-order valence-electron chi connectivity index (χ2n) is 7.33. The number of rotatable bonds is 6. The van der Waals surface area contributed by atoms with E-state index in [1.54, 1.807) is 19.9 Å². The van der Waals surface area contributed by atoms with Gasteiger partial charge < -0.3 is 19.9 Å². The fraction of sp³-hybridized carbons (Fsp3) is 0.400. The summed E-state index contributed by atoms with van der Waals surface area (Å²) in [5.41, 5.74) is -0.438. The predicted molar refractivity (Wildman–Crippen MR) is 104 cm³/mol. The predicted octanol–water partition coefficient (Wildman–Crippen LogP) is 2.32. The number of ether oxygens (including phenoxy) is 2. The summed E-state index contributed by atoms with van der Waals surface area (Å²) >= 11 is 0. The molecule has 0 aromatic heterocycles. The Morgan fingerprint density at radius 1 is 1.17 bits per heavy atom. The monoisotopic (exact) mass is 404 g/mol. The highest BCUT2D eigenvalue weighted by molar-refractivity contribution is 6.00. The Kier molecular flexibility index (Phi) is 6.43. The minimum Gasteiger partial charge on any atom is -0.466 e. The van der Waals surface area contributed by atoms with E-state index in [9.17, 15) is 24.8 Å². The van der Waals surface area contributed by atoms with E-state index in [-0.39, 0.29) is 29.0 Å². The van der Waals surface area contributed by atoms with E-state index in [1.807, 2.05) is 0 Å². The van der Waals surface area contributed by atoms with Crippen LogP contribution in [-0.4, -0.2) is 41.3 Å². The lowest BCUT2D eigenvalue weighted by atomic mass is 9.79. The third kappa shape index (κ3) is 4.80. The molecule has 1 aromatic rings. The van der Waals surface area contributed by atoms with Crippen LogP contribution in [0.1, 0.15) is 39.2 Å². The molecule has 9 nitrogen and oxygen atoms in total. The third-order valence-electron chi connectivity index (χ3n) is 4.39. The number of carbonyl (C=O) groups excluding carboxylic acids is 2. The standard InChI is InChI=1S/C20H24N2O7/c1-11-15(18(23)28-5)17(13-8-6-7-9-14(13)22(26)27)16(12(2)21-11)19(24)29-10-20(3,4)25/h6-9,17,21,25H,10H2,1-5H3/t17-/m0/s1. The van der Waals surface area contributed by atoms with E-state index in [4.69, 9.17) is 9.47 Å². The van der Waals surface area contributed by atoms with Crippen molar-refractivity contribution in [2.45, 2.75) is 39.2 Å². The molecule has 0 unspecified atom stereocenters.